The first-order chi connectivity index (χ1) is 11.0. The summed E-state index contributed by atoms with van der Waals surface area (Å²) in [6.07, 6.45) is -4.82. The second kappa shape index (κ2) is 6.74. The van der Waals surface area contributed by atoms with E-state index >= 15 is 0 Å². The van der Waals surface area contributed by atoms with E-state index in [4.69, 9.17) is 11.6 Å². The fraction of sp³-hybridized carbons (Fsp3) is 0.250. The van der Waals surface area contributed by atoms with Gasteiger partial charge in [0.1, 0.15) is 0 Å². The van der Waals surface area contributed by atoms with Crippen LogP contribution in [0.5, 0.6) is 0 Å². The molecule has 0 saturated carbocycles. The van der Waals surface area contributed by atoms with Crippen molar-refractivity contribution in [3.05, 3.63) is 64.2 Å². The van der Waals surface area contributed by atoms with Crippen molar-refractivity contribution in [2.24, 2.45) is 0 Å². The maximum absolute atomic E-state index is 13.2. The predicted molar refractivity (Wildman–Crippen MR) is 86.3 cm³/mol. The summed E-state index contributed by atoms with van der Waals surface area (Å²) < 4.78 is 65.6. The zero-order chi connectivity index (χ0) is 18.1. The summed E-state index contributed by atoms with van der Waals surface area (Å²) >= 11 is 5.59. The van der Waals surface area contributed by atoms with Crippen molar-refractivity contribution >= 4 is 21.6 Å². The van der Waals surface area contributed by atoms with Crippen molar-refractivity contribution in [3.63, 3.8) is 0 Å². The van der Waals surface area contributed by atoms with E-state index in [0.717, 1.165) is 22.0 Å². The molecule has 2 aromatic rings. The second-order valence-electron chi connectivity index (χ2n) is 5.33. The molecule has 130 valence electrons. The van der Waals surface area contributed by atoms with Crippen LogP contribution in [-0.2, 0) is 22.7 Å². The monoisotopic (exact) mass is 377 g/mol. The third-order valence-electron chi connectivity index (χ3n) is 3.59. The maximum atomic E-state index is 13.2. The molecule has 2 rings (SSSR count). The van der Waals surface area contributed by atoms with E-state index < -0.39 is 26.7 Å². The summed E-state index contributed by atoms with van der Waals surface area (Å²) in [4.78, 5) is -0.810. The van der Waals surface area contributed by atoms with Crippen LogP contribution in [0.2, 0.25) is 5.02 Å². The molecule has 2 aromatic carbocycles. The summed E-state index contributed by atoms with van der Waals surface area (Å²) in [5.74, 6) is 0. The zero-order valence-electron chi connectivity index (χ0n) is 12.9. The Labute approximate surface area is 143 Å². The van der Waals surface area contributed by atoms with Gasteiger partial charge in [-0.25, -0.2) is 8.42 Å². The minimum Gasteiger partial charge on any atom is -0.207 e. The highest BCUT2D eigenvalue weighted by Crippen LogP contribution is 2.37. The molecule has 0 spiro atoms. The number of benzene rings is 2. The number of nitrogens with zero attached hydrogens (tertiary/aromatic N) is 1. The van der Waals surface area contributed by atoms with E-state index in [9.17, 15) is 21.6 Å². The summed E-state index contributed by atoms with van der Waals surface area (Å²) in [6, 6.07) is 9.71. The van der Waals surface area contributed by atoms with Crippen molar-refractivity contribution in [1.29, 1.82) is 0 Å². The average Bonchev–Trinajstić information content (AvgIpc) is 2.48. The molecule has 0 bridgehead atoms. The van der Waals surface area contributed by atoms with E-state index in [1.54, 1.807) is 31.2 Å². The number of hydrogen-bond acceptors (Lipinski definition) is 2. The van der Waals surface area contributed by atoms with Crippen LogP contribution in [0.4, 0.5) is 13.2 Å². The molecule has 0 aromatic heterocycles. The molecule has 24 heavy (non-hydrogen) atoms. The standard InChI is InChI=1S/C16H15ClF3NO2S/c1-11-5-3-4-6-12(11)10-21(2)24(22,23)15-8-7-13(17)9-14(15)16(18,19)20/h3-9H,10H2,1-2H3. The van der Waals surface area contributed by atoms with Crippen LogP contribution in [0.3, 0.4) is 0 Å². The van der Waals surface area contributed by atoms with Crippen LogP contribution in [-0.4, -0.2) is 19.8 Å². The minimum absolute atomic E-state index is 0.0328. The lowest BCUT2D eigenvalue weighted by Gasteiger charge is -2.21. The molecule has 0 unspecified atom stereocenters. The Morgan fingerprint density at radius 2 is 1.75 bits per heavy atom. The first kappa shape index (κ1) is 18.8. The average molecular weight is 378 g/mol. The van der Waals surface area contributed by atoms with Gasteiger partial charge in [-0.1, -0.05) is 35.9 Å². The first-order valence-corrected chi connectivity index (χ1v) is 8.73. The number of alkyl halides is 3. The molecule has 3 nitrogen and oxygen atoms in total. The van der Waals surface area contributed by atoms with Crippen LogP contribution in [0.1, 0.15) is 16.7 Å². The second-order valence-corrected chi connectivity index (χ2v) is 7.78. The molecule has 0 heterocycles. The van der Waals surface area contributed by atoms with Gasteiger partial charge in [0.25, 0.3) is 0 Å². The van der Waals surface area contributed by atoms with E-state index in [1.807, 2.05) is 0 Å². The fourth-order valence-electron chi connectivity index (χ4n) is 2.23. The number of rotatable bonds is 4. The van der Waals surface area contributed by atoms with Gasteiger partial charge in [0, 0.05) is 18.6 Å². The predicted octanol–water partition coefficient (Wildman–Crippen LogP) is 4.49. The molecule has 0 aliphatic rings. The Hall–Kier alpha value is -1.57. The largest absolute Gasteiger partial charge is 0.417 e. The lowest BCUT2D eigenvalue weighted by molar-refractivity contribution is -0.139. The molecule has 0 aliphatic carbocycles. The zero-order valence-corrected chi connectivity index (χ0v) is 14.5. The van der Waals surface area contributed by atoms with Crippen LogP contribution < -0.4 is 0 Å². The van der Waals surface area contributed by atoms with Crippen LogP contribution in [0.25, 0.3) is 0 Å². The van der Waals surface area contributed by atoms with Gasteiger partial charge in [-0.2, -0.15) is 17.5 Å². The van der Waals surface area contributed by atoms with Gasteiger partial charge in [0.2, 0.25) is 10.0 Å². The van der Waals surface area contributed by atoms with Gasteiger partial charge in [-0.15, -0.1) is 0 Å². The summed E-state index contributed by atoms with van der Waals surface area (Å²) in [5, 5.41) is -0.178. The Morgan fingerprint density at radius 1 is 1.12 bits per heavy atom. The van der Waals surface area contributed by atoms with E-state index in [0.29, 0.717) is 11.6 Å². The lowest BCUT2D eigenvalue weighted by Crippen LogP contribution is -2.29. The quantitative estimate of drug-likeness (QED) is 0.787. The molecule has 0 atom stereocenters. The van der Waals surface area contributed by atoms with Gasteiger partial charge in [-0.05, 0) is 36.2 Å². The van der Waals surface area contributed by atoms with Crippen molar-refractivity contribution in [1.82, 2.24) is 4.31 Å². The number of aryl methyl sites for hydroxylation is 1. The van der Waals surface area contributed by atoms with Crippen molar-refractivity contribution in [2.45, 2.75) is 24.5 Å². The molecule has 8 heteroatoms. The normalized spacial score (nSPS) is 12.6. The van der Waals surface area contributed by atoms with Crippen molar-refractivity contribution in [2.75, 3.05) is 7.05 Å². The smallest absolute Gasteiger partial charge is 0.207 e. The van der Waals surface area contributed by atoms with Gasteiger partial charge in [0.05, 0.1) is 10.5 Å². The molecule has 0 saturated heterocycles. The highest BCUT2D eigenvalue weighted by molar-refractivity contribution is 7.89. The Kier molecular flexibility index (Phi) is 5.27. The molecule has 0 aliphatic heterocycles. The third-order valence-corrected chi connectivity index (χ3v) is 5.69. The van der Waals surface area contributed by atoms with Crippen molar-refractivity contribution < 1.29 is 21.6 Å². The third kappa shape index (κ3) is 3.91. The highest BCUT2D eigenvalue weighted by atomic mass is 35.5. The SMILES string of the molecule is Cc1ccccc1CN(C)S(=O)(=O)c1ccc(Cl)cc1C(F)(F)F. The Morgan fingerprint density at radius 3 is 2.33 bits per heavy atom. The molecule has 0 fully saturated rings. The Bertz CT molecular complexity index is 851. The van der Waals surface area contributed by atoms with Gasteiger partial charge >= 0.3 is 6.18 Å². The molecular formula is C16H15ClF3NO2S. The van der Waals surface area contributed by atoms with Gasteiger partial charge in [0.15, 0.2) is 0 Å². The topological polar surface area (TPSA) is 37.4 Å². The van der Waals surface area contributed by atoms with Gasteiger partial charge in [-0.3, -0.25) is 0 Å². The Balaban J connectivity index is 2.46. The fourth-order valence-corrected chi connectivity index (χ4v) is 3.74. The van der Waals surface area contributed by atoms with E-state index in [1.165, 1.54) is 7.05 Å². The summed E-state index contributed by atoms with van der Waals surface area (Å²) in [6.45, 7) is 1.77. The molecule has 0 N–H and O–H groups in total. The highest BCUT2D eigenvalue weighted by Gasteiger charge is 2.38. The van der Waals surface area contributed by atoms with Gasteiger partial charge < -0.3 is 0 Å². The number of halogens is 4. The summed E-state index contributed by atoms with van der Waals surface area (Å²) in [5.41, 5.74) is 0.296. The molecule has 0 radical (unpaired) electrons. The van der Waals surface area contributed by atoms with Crippen molar-refractivity contribution in [3.8, 4) is 0 Å². The van der Waals surface area contributed by atoms with Crippen LogP contribution >= 0.6 is 11.6 Å². The number of hydrogen-bond donors (Lipinski definition) is 0. The lowest BCUT2D eigenvalue weighted by atomic mass is 10.1. The molecular weight excluding hydrogens is 363 g/mol. The van der Waals surface area contributed by atoms with Crippen LogP contribution in [0, 0.1) is 6.92 Å². The maximum Gasteiger partial charge on any atom is 0.417 e. The first-order valence-electron chi connectivity index (χ1n) is 6.91. The van der Waals surface area contributed by atoms with E-state index in [-0.39, 0.29) is 11.6 Å². The van der Waals surface area contributed by atoms with Crippen LogP contribution in [0.15, 0.2) is 47.4 Å². The minimum atomic E-state index is -4.82. The number of sulfonamides is 1. The molecule has 0 amide bonds. The summed E-state index contributed by atoms with van der Waals surface area (Å²) in [7, 11) is -3.08. The van der Waals surface area contributed by atoms with E-state index in [2.05, 4.69) is 0 Å².